The van der Waals surface area contributed by atoms with Crippen molar-refractivity contribution in [3.8, 4) is 0 Å². The van der Waals surface area contributed by atoms with Gasteiger partial charge in [0, 0.05) is 29.6 Å². The number of ketones is 1. The van der Waals surface area contributed by atoms with E-state index in [9.17, 15) is 4.79 Å². The molecule has 0 spiro atoms. The van der Waals surface area contributed by atoms with Gasteiger partial charge in [-0.05, 0) is 51.7 Å². The molecule has 21 heavy (non-hydrogen) atoms. The van der Waals surface area contributed by atoms with Gasteiger partial charge in [-0.2, -0.15) is 0 Å². The number of benzene rings is 1. The van der Waals surface area contributed by atoms with Crippen molar-refractivity contribution in [2.45, 2.75) is 32.2 Å². The Kier molecular flexibility index (Phi) is 6.22. The summed E-state index contributed by atoms with van der Waals surface area (Å²) in [6.45, 7) is 6.53. The lowest BCUT2D eigenvalue weighted by Crippen LogP contribution is -2.43. The quantitative estimate of drug-likeness (QED) is 0.753. The zero-order valence-electron chi connectivity index (χ0n) is 13.0. The molecule has 4 heteroatoms. The monoisotopic (exact) mass is 308 g/mol. The lowest BCUT2D eigenvalue weighted by atomic mass is 10.0. The van der Waals surface area contributed by atoms with Gasteiger partial charge in [0.2, 0.25) is 0 Å². The van der Waals surface area contributed by atoms with Gasteiger partial charge in [-0.3, -0.25) is 4.79 Å². The highest BCUT2D eigenvalue weighted by Crippen LogP contribution is 2.16. The summed E-state index contributed by atoms with van der Waals surface area (Å²) in [7, 11) is 2.14. The van der Waals surface area contributed by atoms with E-state index < -0.39 is 0 Å². The Labute approximate surface area is 132 Å². The molecule has 0 bridgehead atoms. The number of hydrogen-bond donors (Lipinski definition) is 0. The lowest BCUT2D eigenvalue weighted by molar-refractivity contribution is 0.0932. The van der Waals surface area contributed by atoms with E-state index in [1.165, 1.54) is 25.9 Å². The van der Waals surface area contributed by atoms with E-state index in [2.05, 4.69) is 23.8 Å². The number of carbonyl (C=O) groups excluding carboxylic acids is 1. The van der Waals surface area contributed by atoms with Crippen LogP contribution in [-0.2, 0) is 0 Å². The zero-order valence-corrected chi connectivity index (χ0v) is 13.8. The topological polar surface area (TPSA) is 23.6 Å². The molecule has 1 aromatic rings. The van der Waals surface area contributed by atoms with Crippen LogP contribution in [-0.4, -0.2) is 54.9 Å². The molecule has 0 saturated carbocycles. The van der Waals surface area contributed by atoms with Gasteiger partial charge in [0.15, 0.2) is 5.78 Å². The van der Waals surface area contributed by atoms with E-state index in [-0.39, 0.29) is 5.78 Å². The molecule has 0 radical (unpaired) electrons. The number of hydrogen-bond acceptors (Lipinski definition) is 3. The third-order valence-corrected chi connectivity index (χ3v) is 4.70. The highest BCUT2D eigenvalue weighted by atomic mass is 35.5. The average molecular weight is 309 g/mol. The molecular formula is C17H25ClN2O. The minimum absolute atomic E-state index is 0.176. The molecule has 3 nitrogen and oxygen atoms in total. The van der Waals surface area contributed by atoms with E-state index in [1.807, 2.05) is 12.1 Å². The van der Waals surface area contributed by atoms with Gasteiger partial charge < -0.3 is 9.80 Å². The molecule has 2 rings (SSSR count). The van der Waals surface area contributed by atoms with Gasteiger partial charge in [0.1, 0.15) is 0 Å². The smallest absolute Gasteiger partial charge is 0.164 e. The van der Waals surface area contributed by atoms with Crippen LogP contribution in [0.5, 0.6) is 0 Å². The molecule has 0 aromatic heterocycles. The van der Waals surface area contributed by atoms with Gasteiger partial charge >= 0.3 is 0 Å². The number of carbonyl (C=O) groups is 1. The summed E-state index contributed by atoms with van der Waals surface area (Å²) in [6, 6.07) is 7.84. The number of nitrogens with zero attached hydrogens (tertiary/aromatic N) is 2. The number of halogens is 1. The third kappa shape index (κ3) is 4.80. The van der Waals surface area contributed by atoms with Gasteiger partial charge in [0.25, 0.3) is 0 Å². The van der Waals surface area contributed by atoms with Crippen LogP contribution in [0.1, 0.15) is 36.5 Å². The predicted molar refractivity (Wildman–Crippen MR) is 88.2 cm³/mol. The van der Waals surface area contributed by atoms with Crippen LogP contribution in [0.4, 0.5) is 0 Å². The second-order valence-electron chi connectivity index (χ2n) is 5.83. The Morgan fingerprint density at radius 2 is 2.10 bits per heavy atom. The minimum Gasteiger partial charge on any atom is -0.303 e. The second kappa shape index (κ2) is 7.92. The van der Waals surface area contributed by atoms with Crippen molar-refractivity contribution in [1.82, 2.24) is 9.80 Å². The summed E-state index contributed by atoms with van der Waals surface area (Å²) < 4.78 is 0. The van der Waals surface area contributed by atoms with Gasteiger partial charge in [-0.1, -0.05) is 30.7 Å². The van der Waals surface area contributed by atoms with E-state index in [0.717, 1.165) is 18.7 Å². The number of Topliss-reactive ketones (excluding diaryl/α,β-unsaturated/α-hetero) is 1. The van der Waals surface area contributed by atoms with Gasteiger partial charge in [-0.25, -0.2) is 0 Å². The summed E-state index contributed by atoms with van der Waals surface area (Å²) in [5.41, 5.74) is 0.719. The fourth-order valence-electron chi connectivity index (χ4n) is 2.94. The van der Waals surface area contributed by atoms with Gasteiger partial charge in [-0.15, -0.1) is 0 Å². The van der Waals surface area contributed by atoms with Crippen molar-refractivity contribution in [1.29, 1.82) is 0 Å². The molecule has 0 N–H and O–H groups in total. The first-order valence-corrected chi connectivity index (χ1v) is 8.19. The van der Waals surface area contributed by atoms with E-state index in [4.69, 9.17) is 11.6 Å². The van der Waals surface area contributed by atoms with Crippen molar-refractivity contribution in [2.75, 3.05) is 33.2 Å². The van der Waals surface area contributed by atoms with E-state index in [1.54, 1.807) is 12.1 Å². The van der Waals surface area contributed by atoms with Crippen LogP contribution < -0.4 is 0 Å². The minimum atomic E-state index is 0.176. The first-order chi connectivity index (χ1) is 10.1. The molecular weight excluding hydrogens is 284 g/mol. The molecule has 0 atom stereocenters. The molecule has 116 valence electrons. The molecule has 0 unspecified atom stereocenters. The highest BCUT2D eigenvalue weighted by Gasteiger charge is 2.21. The number of rotatable bonds is 6. The second-order valence-corrected chi connectivity index (χ2v) is 6.27. The van der Waals surface area contributed by atoms with Crippen LogP contribution in [0.25, 0.3) is 0 Å². The Balaban J connectivity index is 1.79. The Morgan fingerprint density at radius 3 is 2.71 bits per heavy atom. The number of likely N-dealkylation sites (tertiary alicyclic amines) is 1. The zero-order chi connectivity index (χ0) is 15.2. The Morgan fingerprint density at radius 1 is 1.38 bits per heavy atom. The van der Waals surface area contributed by atoms with Crippen LogP contribution in [0.3, 0.4) is 0 Å². The normalized spacial score (nSPS) is 17.3. The molecule has 1 aliphatic heterocycles. The average Bonchev–Trinajstić information content (AvgIpc) is 2.52. The maximum Gasteiger partial charge on any atom is 0.164 e. The largest absolute Gasteiger partial charge is 0.303 e. The molecule has 0 amide bonds. The fraction of sp³-hybridized carbons (Fsp3) is 0.588. The van der Waals surface area contributed by atoms with Crippen molar-refractivity contribution in [3.05, 3.63) is 34.9 Å². The van der Waals surface area contributed by atoms with Crippen LogP contribution in [0.2, 0.25) is 5.02 Å². The third-order valence-electron chi connectivity index (χ3n) is 4.47. The molecule has 1 aromatic carbocycles. The fourth-order valence-corrected chi connectivity index (χ4v) is 3.13. The van der Waals surface area contributed by atoms with Crippen molar-refractivity contribution >= 4 is 17.4 Å². The van der Waals surface area contributed by atoms with Crippen LogP contribution in [0.15, 0.2) is 24.3 Å². The summed E-state index contributed by atoms with van der Waals surface area (Å²) in [5, 5.41) is 0.626. The van der Waals surface area contributed by atoms with Gasteiger partial charge in [0.05, 0.1) is 0 Å². The first kappa shape index (κ1) is 16.5. The molecule has 1 saturated heterocycles. The first-order valence-electron chi connectivity index (χ1n) is 7.81. The Hall–Kier alpha value is -0.900. The lowest BCUT2D eigenvalue weighted by Gasteiger charge is -2.36. The molecule has 0 aliphatic carbocycles. The maximum absolute atomic E-state index is 12.2. The molecule has 1 aliphatic rings. The summed E-state index contributed by atoms with van der Waals surface area (Å²) in [4.78, 5) is 17.0. The van der Waals surface area contributed by atoms with Crippen molar-refractivity contribution in [3.63, 3.8) is 0 Å². The SMILES string of the molecule is CCN1CCC(N(C)CCC(=O)c2cccc(Cl)c2)CC1. The van der Waals surface area contributed by atoms with Crippen LogP contribution in [0, 0.1) is 0 Å². The summed E-state index contributed by atoms with van der Waals surface area (Å²) in [6.07, 6.45) is 2.97. The standard InChI is InChI=1S/C17H25ClN2O/c1-3-20-11-7-16(8-12-20)19(2)10-9-17(21)14-5-4-6-15(18)13-14/h4-6,13,16H,3,7-12H2,1-2H3. The summed E-state index contributed by atoms with van der Waals surface area (Å²) in [5.74, 6) is 0.176. The Bertz CT molecular complexity index is 470. The van der Waals surface area contributed by atoms with E-state index in [0.29, 0.717) is 17.5 Å². The highest BCUT2D eigenvalue weighted by molar-refractivity contribution is 6.31. The van der Waals surface area contributed by atoms with E-state index >= 15 is 0 Å². The number of piperidine rings is 1. The predicted octanol–water partition coefficient (Wildman–Crippen LogP) is 3.33. The maximum atomic E-state index is 12.2. The van der Waals surface area contributed by atoms with Crippen molar-refractivity contribution < 1.29 is 4.79 Å². The molecule has 1 heterocycles. The molecule has 1 fully saturated rings. The van der Waals surface area contributed by atoms with Crippen LogP contribution >= 0.6 is 11.6 Å². The van der Waals surface area contributed by atoms with Crippen molar-refractivity contribution in [2.24, 2.45) is 0 Å². The summed E-state index contributed by atoms with van der Waals surface area (Å²) >= 11 is 5.93.